The highest BCUT2D eigenvalue weighted by Gasteiger charge is 2.14. The van der Waals surface area contributed by atoms with Gasteiger partial charge < -0.3 is 15.1 Å². The molecule has 1 aromatic heterocycles. The molecule has 1 rings (SSSR count). The molecule has 0 amide bonds. The molecule has 0 bridgehead atoms. The lowest BCUT2D eigenvalue weighted by atomic mass is 10.2. The van der Waals surface area contributed by atoms with Crippen LogP contribution in [0.2, 0.25) is 0 Å². The number of thiazole rings is 1. The van der Waals surface area contributed by atoms with Gasteiger partial charge in [0.2, 0.25) is 0 Å². The zero-order valence-electron chi connectivity index (χ0n) is 14.4. The van der Waals surface area contributed by atoms with Crippen LogP contribution in [0.1, 0.15) is 44.2 Å². The quantitative estimate of drug-likeness (QED) is 0.681. The molecule has 0 saturated carbocycles. The summed E-state index contributed by atoms with van der Waals surface area (Å²) in [5, 5.41) is 4.64. The van der Waals surface area contributed by atoms with Crippen LogP contribution < -0.4 is 10.2 Å². The van der Waals surface area contributed by atoms with Crippen LogP contribution in [0.4, 0.5) is 5.13 Å². The van der Waals surface area contributed by atoms with Crippen LogP contribution >= 0.6 is 11.3 Å². The third-order valence-corrected chi connectivity index (χ3v) is 4.63. The first kappa shape index (κ1) is 18.4. The molecule has 0 atom stereocenters. The van der Waals surface area contributed by atoms with E-state index in [1.54, 1.807) is 0 Å². The van der Waals surface area contributed by atoms with Gasteiger partial charge in [-0.1, -0.05) is 20.3 Å². The monoisotopic (exact) mass is 312 g/mol. The van der Waals surface area contributed by atoms with Crippen molar-refractivity contribution in [2.75, 3.05) is 45.2 Å². The predicted octanol–water partition coefficient (Wildman–Crippen LogP) is 2.98. The summed E-state index contributed by atoms with van der Waals surface area (Å²) in [5.41, 5.74) is 1.30. The van der Waals surface area contributed by atoms with Crippen molar-refractivity contribution in [2.45, 2.75) is 46.6 Å². The van der Waals surface area contributed by atoms with E-state index in [1.165, 1.54) is 22.1 Å². The largest absolute Gasteiger partial charge is 0.348 e. The van der Waals surface area contributed by atoms with Crippen molar-refractivity contribution >= 4 is 16.5 Å². The fourth-order valence-corrected chi connectivity index (χ4v) is 3.45. The van der Waals surface area contributed by atoms with Gasteiger partial charge in [0.05, 0.1) is 5.69 Å². The average Bonchev–Trinajstić information content (AvgIpc) is 2.84. The van der Waals surface area contributed by atoms with Crippen molar-refractivity contribution < 1.29 is 0 Å². The Morgan fingerprint density at radius 1 is 1.14 bits per heavy atom. The van der Waals surface area contributed by atoms with Crippen LogP contribution in [0, 0.1) is 0 Å². The van der Waals surface area contributed by atoms with Crippen molar-refractivity contribution in [3.63, 3.8) is 0 Å². The highest BCUT2D eigenvalue weighted by molar-refractivity contribution is 7.15. The second-order valence-electron chi connectivity index (χ2n) is 5.63. The summed E-state index contributed by atoms with van der Waals surface area (Å²) < 4.78 is 0. The Hall–Kier alpha value is -0.650. The average molecular weight is 313 g/mol. The van der Waals surface area contributed by atoms with E-state index < -0.39 is 0 Å². The fraction of sp³-hybridized carbons (Fsp3) is 0.812. The van der Waals surface area contributed by atoms with Gasteiger partial charge in [-0.25, -0.2) is 4.98 Å². The van der Waals surface area contributed by atoms with Crippen molar-refractivity contribution in [3.8, 4) is 0 Å². The predicted molar refractivity (Wildman–Crippen MR) is 94.5 cm³/mol. The Kier molecular flexibility index (Phi) is 8.88. The maximum atomic E-state index is 4.91. The molecule has 0 fully saturated rings. The first-order chi connectivity index (χ1) is 10.1. The summed E-state index contributed by atoms with van der Waals surface area (Å²) in [6.45, 7) is 11.8. The zero-order chi connectivity index (χ0) is 15.7. The minimum absolute atomic E-state index is 0.957. The van der Waals surface area contributed by atoms with Crippen molar-refractivity contribution in [3.05, 3.63) is 10.6 Å². The van der Waals surface area contributed by atoms with Gasteiger partial charge in [0.25, 0.3) is 0 Å². The van der Waals surface area contributed by atoms with E-state index in [0.717, 1.165) is 45.6 Å². The molecule has 21 heavy (non-hydrogen) atoms. The lowest BCUT2D eigenvalue weighted by molar-refractivity contribution is 0.400. The number of aryl methyl sites for hydroxylation is 1. The maximum Gasteiger partial charge on any atom is 0.185 e. The third kappa shape index (κ3) is 6.32. The summed E-state index contributed by atoms with van der Waals surface area (Å²) >= 11 is 1.87. The van der Waals surface area contributed by atoms with Gasteiger partial charge in [0, 0.05) is 24.5 Å². The van der Waals surface area contributed by atoms with Gasteiger partial charge in [0.15, 0.2) is 5.13 Å². The Balaban J connectivity index is 2.73. The van der Waals surface area contributed by atoms with Crippen LogP contribution in [-0.4, -0.2) is 50.2 Å². The van der Waals surface area contributed by atoms with Crippen LogP contribution in [0.25, 0.3) is 0 Å². The van der Waals surface area contributed by atoms with Crippen LogP contribution in [-0.2, 0) is 13.0 Å². The number of nitrogens with one attached hydrogen (secondary N) is 1. The zero-order valence-corrected chi connectivity index (χ0v) is 15.2. The first-order valence-corrected chi connectivity index (χ1v) is 9.02. The molecular weight excluding hydrogens is 280 g/mol. The van der Waals surface area contributed by atoms with Gasteiger partial charge in [0.1, 0.15) is 0 Å². The van der Waals surface area contributed by atoms with E-state index in [4.69, 9.17) is 4.98 Å². The Morgan fingerprint density at radius 3 is 2.48 bits per heavy atom. The van der Waals surface area contributed by atoms with E-state index in [-0.39, 0.29) is 0 Å². The molecule has 0 spiro atoms. The van der Waals surface area contributed by atoms with Crippen molar-refractivity contribution in [2.24, 2.45) is 0 Å². The smallest absolute Gasteiger partial charge is 0.185 e. The normalized spacial score (nSPS) is 11.3. The van der Waals surface area contributed by atoms with E-state index in [2.05, 4.69) is 50.0 Å². The van der Waals surface area contributed by atoms with E-state index >= 15 is 0 Å². The fourth-order valence-electron chi connectivity index (χ4n) is 2.28. The molecule has 1 heterocycles. The lowest BCUT2D eigenvalue weighted by Crippen LogP contribution is -2.26. The minimum atomic E-state index is 0.957. The van der Waals surface area contributed by atoms with E-state index in [1.807, 2.05) is 11.3 Å². The van der Waals surface area contributed by atoms with Gasteiger partial charge in [-0.15, -0.1) is 11.3 Å². The van der Waals surface area contributed by atoms with Gasteiger partial charge in [-0.2, -0.15) is 0 Å². The van der Waals surface area contributed by atoms with Crippen LogP contribution in [0.3, 0.4) is 0 Å². The third-order valence-electron chi connectivity index (χ3n) is 3.47. The van der Waals surface area contributed by atoms with Crippen molar-refractivity contribution in [1.82, 2.24) is 15.2 Å². The van der Waals surface area contributed by atoms with Crippen molar-refractivity contribution in [1.29, 1.82) is 0 Å². The Labute approximate surface area is 134 Å². The van der Waals surface area contributed by atoms with E-state index in [0.29, 0.717) is 0 Å². The summed E-state index contributed by atoms with van der Waals surface area (Å²) in [7, 11) is 4.26. The maximum absolute atomic E-state index is 4.91. The molecule has 0 radical (unpaired) electrons. The van der Waals surface area contributed by atoms with Gasteiger partial charge in [-0.3, -0.25) is 0 Å². The highest BCUT2D eigenvalue weighted by atomic mass is 32.1. The molecule has 0 aliphatic carbocycles. The molecule has 1 aromatic rings. The number of hydrogen-bond donors (Lipinski definition) is 1. The SMILES string of the molecule is CCCc1nc(N(CC)CCCN(C)C)sc1CNCC. The lowest BCUT2D eigenvalue weighted by Gasteiger charge is -2.20. The summed E-state index contributed by atoms with van der Waals surface area (Å²) in [5.74, 6) is 0. The summed E-state index contributed by atoms with van der Waals surface area (Å²) in [6.07, 6.45) is 3.44. The number of rotatable bonds is 11. The molecular formula is C16H32N4S. The molecule has 1 N–H and O–H groups in total. The Morgan fingerprint density at radius 2 is 1.90 bits per heavy atom. The van der Waals surface area contributed by atoms with Crippen LogP contribution in [0.15, 0.2) is 0 Å². The highest BCUT2D eigenvalue weighted by Crippen LogP contribution is 2.27. The van der Waals surface area contributed by atoms with Crippen LogP contribution in [0.5, 0.6) is 0 Å². The number of aromatic nitrogens is 1. The molecule has 0 saturated heterocycles. The summed E-state index contributed by atoms with van der Waals surface area (Å²) in [4.78, 5) is 11.0. The molecule has 0 aliphatic rings. The topological polar surface area (TPSA) is 31.4 Å². The number of hydrogen-bond acceptors (Lipinski definition) is 5. The standard InChI is InChI=1S/C16H32N4S/c1-6-10-14-15(13-17-7-2)21-16(18-14)20(8-3)12-9-11-19(4)5/h17H,6-13H2,1-5H3. The van der Waals surface area contributed by atoms with E-state index in [9.17, 15) is 0 Å². The first-order valence-electron chi connectivity index (χ1n) is 8.21. The second kappa shape index (κ2) is 10.1. The molecule has 0 unspecified atom stereocenters. The molecule has 0 aromatic carbocycles. The number of nitrogens with zero attached hydrogens (tertiary/aromatic N) is 3. The molecule has 0 aliphatic heterocycles. The molecule has 5 heteroatoms. The Bertz CT molecular complexity index is 390. The second-order valence-corrected chi connectivity index (χ2v) is 6.70. The summed E-state index contributed by atoms with van der Waals surface area (Å²) in [6, 6.07) is 0. The molecule has 122 valence electrons. The number of anilines is 1. The van der Waals surface area contributed by atoms with Gasteiger partial charge in [-0.05, 0) is 47.0 Å². The van der Waals surface area contributed by atoms with Gasteiger partial charge >= 0.3 is 0 Å². The molecule has 4 nitrogen and oxygen atoms in total. The minimum Gasteiger partial charge on any atom is -0.348 e.